The normalized spacial score (nSPS) is 31.5. The minimum absolute atomic E-state index is 0.101. The van der Waals surface area contributed by atoms with Crippen LogP contribution in [0, 0.1) is 17.8 Å². The lowest BCUT2D eigenvalue weighted by atomic mass is 9.70. The van der Waals surface area contributed by atoms with E-state index in [4.69, 9.17) is 4.74 Å². The Morgan fingerprint density at radius 2 is 1.61 bits per heavy atom. The van der Waals surface area contributed by atoms with E-state index >= 15 is 0 Å². The standard InChI is InChI=1S/C21H36O2/c1-3-5-6-8-17-9-11-18(12-10-17)19-13-15-20(16-14-19)23-21(22)7-4-2/h4,17-20H,2-3,5-16H2,1H3/t17-,18-,19-,20-. The molecule has 0 bridgehead atoms. The molecule has 0 radical (unpaired) electrons. The first-order valence-corrected chi connectivity index (χ1v) is 10.0. The molecule has 0 aromatic carbocycles. The molecule has 0 spiro atoms. The van der Waals surface area contributed by atoms with Gasteiger partial charge in [0.25, 0.3) is 0 Å². The molecular formula is C21H36O2. The van der Waals surface area contributed by atoms with Crippen molar-refractivity contribution in [2.45, 2.75) is 96.5 Å². The monoisotopic (exact) mass is 320 g/mol. The zero-order chi connectivity index (χ0) is 16.5. The quantitative estimate of drug-likeness (QED) is 0.309. The van der Waals surface area contributed by atoms with E-state index < -0.39 is 0 Å². The van der Waals surface area contributed by atoms with E-state index in [9.17, 15) is 4.79 Å². The molecule has 0 saturated heterocycles. The second-order valence-electron chi connectivity index (χ2n) is 7.80. The number of unbranched alkanes of at least 4 members (excludes halogenated alkanes) is 2. The minimum atomic E-state index is -0.101. The van der Waals surface area contributed by atoms with Gasteiger partial charge < -0.3 is 4.74 Å². The van der Waals surface area contributed by atoms with Crippen LogP contribution in [0.5, 0.6) is 0 Å². The van der Waals surface area contributed by atoms with Gasteiger partial charge in [0.2, 0.25) is 0 Å². The van der Waals surface area contributed by atoms with E-state index in [2.05, 4.69) is 13.5 Å². The lowest BCUT2D eigenvalue weighted by Gasteiger charge is -2.37. The number of rotatable bonds is 8. The summed E-state index contributed by atoms with van der Waals surface area (Å²) < 4.78 is 5.53. The van der Waals surface area contributed by atoms with E-state index in [1.54, 1.807) is 6.08 Å². The van der Waals surface area contributed by atoms with E-state index in [0.717, 1.165) is 30.6 Å². The van der Waals surface area contributed by atoms with Crippen LogP contribution in [0.15, 0.2) is 12.7 Å². The molecule has 0 aromatic rings. The highest BCUT2D eigenvalue weighted by Gasteiger charge is 2.31. The molecular weight excluding hydrogens is 284 g/mol. The Labute approximate surface area is 143 Å². The summed E-state index contributed by atoms with van der Waals surface area (Å²) in [4.78, 5) is 11.5. The summed E-state index contributed by atoms with van der Waals surface area (Å²) in [6.07, 6.45) is 18.3. The van der Waals surface area contributed by atoms with E-state index in [-0.39, 0.29) is 12.1 Å². The maximum absolute atomic E-state index is 11.5. The van der Waals surface area contributed by atoms with Crippen molar-refractivity contribution in [1.82, 2.24) is 0 Å². The SMILES string of the molecule is C=CCC(=O)O[C@H]1CC[C@H]([C@H]2CC[C@H](CCCCC)CC2)CC1. The number of ether oxygens (including phenoxy) is 1. The molecule has 2 rings (SSSR count). The fourth-order valence-corrected chi connectivity index (χ4v) is 4.66. The fourth-order valence-electron chi connectivity index (χ4n) is 4.66. The zero-order valence-electron chi connectivity index (χ0n) is 15.1. The molecule has 0 amide bonds. The van der Waals surface area contributed by atoms with Crippen molar-refractivity contribution in [1.29, 1.82) is 0 Å². The highest BCUT2D eigenvalue weighted by Crippen LogP contribution is 2.41. The molecule has 2 aliphatic carbocycles. The summed E-state index contributed by atoms with van der Waals surface area (Å²) in [5.74, 6) is 2.74. The molecule has 2 fully saturated rings. The van der Waals surface area contributed by atoms with Gasteiger partial charge in [0.1, 0.15) is 6.10 Å². The Morgan fingerprint density at radius 1 is 1.00 bits per heavy atom. The molecule has 2 saturated carbocycles. The Morgan fingerprint density at radius 3 is 2.17 bits per heavy atom. The van der Waals surface area contributed by atoms with Crippen LogP contribution in [0.25, 0.3) is 0 Å². The molecule has 0 aromatic heterocycles. The maximum Gasteiger partial charge on any atom is 0.309 e. The first-order valence-electron chi connectivity index (χ1n) is 10.0. The Bertz CT molecular complexity index is 347. The molecule has 0 N–H and O–H groups in total. The van der Waals surface area contributed by atoms with Gasteiger partial charge in [0.15, 0.2) is 0 Å². The predicted octanol–water partition coefficient (Wildman–Crippen LogP) is 6.05. The van der Waals surface area contributed by atoms with Crippen LogP contribution in [0.4, 0.5) is 0 Å². The number of carbonyl (C=O) groups excluding carboxylic acids is 1. The molecule has 0 aliphatic heterocycles. The highest BCUT2D eigenvalue weighted by atomic mass is 16.5. The number of carbonyl (C=O) groups is 1. The first-order chi connectivity index (χ1) is 11.2. The Kier molecular flexibility index (Phi) is 8.19. The largest absolute Gasteiger partial charge is 0.462 e. The third-order valence-corrected chi connectivity index (χ3v) is 6.10. The van der Waals surface area contributed by atoms with Gasteiger partial charge in [0, 0.05) is 0 Å². The Balaban J connectivity index is 1.62. The van der Waals surface area contributed by atoms with Crippen molar-refractivity contribution in [3.63, 3.8) is 0 Å². The van der Waals surface area contributed by atoms with Crippen LogP contribution in [-0.4, -0.2) is 12.1 Å². The summed E-state index contributed by atoms with van der Waals surface area (Å²) in [5, 5.41) is 0. The molecule has 23 heavy (non-hydrogen) atoms. The third-order valence-electron chi connectivity index (χ3n) is 6.10. The average Bonchev–Trinajstić information content (AvgIpc) is 2.57. The van der Waals surface area contributed by atoms with Crippen LogP contribution < -0.4 is 0 Å². The molecule has 2 nitrogen and oxygen atoms in total. The van der Waals surface area contributed by atoms with E-state index in [0.29, 0.717) is 6.42 Å². The number of hydrogen-bond donors (Lipinski definition) is 0. The maximum atomic E-state index is 11.5. The average molecular weight is 321 g/mol. The minimum Gasteiger partial charge on any atom is -0.462 e. The number of hydrogen-bond acceptors (Lipinski definition) is 2. The fraction of sp³-hybridized carbons (Fsp3) is 0.857. The van der Waals surface area contributed by atoms with Gasteiger partial charge in [-0.05, 0) is 56.3 Å². The van der Waals surface area contributed by atoms with Gasteiger partial charge in [0.05, 0.1) is 6.42 Å². The summed E-state index contributed by atoms with van der Waals surface area (Å²) in [7, 11) is 0. The van der Waals surface area contributed by atoms with Crippen LogP contribution in [0.2, 0.25) is 0 Å². The van der Waals surface area contributed by atoms with Crippen molar-refractivity contribution >= 4 is 5.97 Å². The van der Waals surface area contributed by atoms with Gasteiger partial charge in [-0.1, -0.05) is 51.5 Å². The van der Waals surface area contributed by atoms with Crippen molar-refractivity contribution in [3.8, 4) is 0 Å². The molecule has 0 unspecified atom stereocenters. The molecule has 2 aliphatic rings. The van der Waals surface area contributed by atoms with Crippen molar-refractivity contribution in [2.24, 2.45) is 17.8 Å². The Hall–Kier alpha value is -0.790. The lowest BCUT2D eigenvalue weighted by molar-refractivity contribution is -0.150. The smallest absolute Gasteiger partial charge is 0.309 e. The van der Waals surface area contributed by atoms with Crippen molar-refractivity contribution in [3.05, 3.63) is 12.7 Å². The lowest BCUT2D eigenvalue weighted by Crippen LogP contribution is -2.29. The molecule has 0 atom stereocenters. The summed E-state index contributed by atoms with van der Waals surface area (Å²) in [5.41, 5.74) is 0. The summed E-state index contributed by atoms with van der Waals surface area (Å²) in [6, 6.07) is 0. The van der Waals surface area contributed by atoms with Crippen LogP contribution >= 0.6 is 0 Å². The first kappa shape index (κ1) is 18.5. The van der Waals surface area contributed by atoms with Crippen LogP contribution in [0.1, 0.15) is 90.4 Å². The van der Waals surface area contributed by atoms with Gasteiger partial charge in [-0.2, -0.15) is 0 Å². The van der Waals surface area contributed by atoms with E-state index in [1.807, 2.05) is 0 Å². The van der Waals surface area contributed by atoms with Gasteiger partial charge in [-0.3, -0.25) is 4.79 Å². The van der Waals surface area contributed by atoms with E-state index in [1.165, 1.54) is 64.2 Å². The molecule has 0 heterocycles. The number of esters is 1. The summed E-state index contributed by atoms with van der Waals surface area (Å²) >= 11 is 0. The third kappa shape index (κ3) is 6.31. The second-order valence-corrected chi connectivity index (χ2v) is 7.80. The van der Waals surface area contributed by atoms with Crippen molar-refractivity contribution in [2.75, 3.05) is 0 Å². The second kappa shape index (κ2) is 10.2. The zero-order valence-corrected chi connectivity index (χ0v) is 15.1. The topological polar surface area (TPSA) is 26.3 Å². The predicted molar refractivity (Wildman–Crippen MR) is 96.2 cm³/mol. The summed E-state index contributed by atoms with van der Waals surface area (Å²) in [6.45, 7) is 5.89. The van der Waals surface area contributed by atoms with Crippen molar-refractivity contribution < 1.29 is 9.53 Å². The highest BCUT2D eigenvalue weighted by molar-refractivity contribution is 5.71. The molecule has 2 heteroatoms. The van der Waals surface area contributed by atoms with Gasteiger partial charge >= 0.3 is 5.97 Å². The van der Waals surface area contributed by atoms with Gasteiger partial charge in [-0.25, -0.2) is 0 Å². The molecule has 132 valence electrons. The van der Waals surface area contributed by atoms with Gasteiger partial charge in [-0.15, -0.1) is 6.58 Å². The van der Waals surface area contributed by atoms with Crippen LogP contribution in [-0.2, 0) is 9.53 Å². The van der Waals surface area contributed by atoms with Crippen LogP contribution in [0.3, 0.4) is 0 Å².